The maximum atomic E-state index is 10.4. The van der Waals surface area contributed by atoms with Gasteiger partial charge in [-0.15, -0.1) is 0 Å². The smallest absolute Gasteiger partial charge is 0.404 e. The zero-order chi connectivity index (χ0) is 10.7. The van der Waals surface area contributed by atoms with Crippen LogP contribution in [0.2, 0.25) is 0 Å². The SMILES string of the molecule is NC(=O)OCc1ccc2c(c1)C=CNO2. The summed E-state index contributed by atoms with van der Waals surface area (Å²) in [6.45, 7) is 0.171. The predicted molar refractivity (Wildman–Crippen MR) is 53.6 cm³/mol. The molecule has 1 aromatic rings. The summed E-state index contributed by atoms with van der Waals surface area (Å²) < 4.78 is 4.68. The van der Waals surface area contributed by atoms with Gasteiger partial charge in [0.2, 0.25) is 0 Å². The molecule has 0 spiro atoms. The van der Waals surface area contributed by atoms with Crippen LogP contribution in [-0.2, 0) is 11.3 Å². The summed E-state index contributed by atoms with van der Waals surface area (Å²) >= 11 is 0. The molecule has 0 aromatic heterocycles. The Kier molecular flexibility index (Phi) is 2.45. The molecule has 0 atom stereocenters. The van der Waals surface area contributed by atoms with Crippen LogP contribution in [0.3, 0.4) is 0 Å². The fraction of sp³-hybridized carbons (Fsp3) is 0.100. The molecule has 5 nitrogen and oxygen atoms in total. The second kappa shape index (κ2) is 3.91. The van der Waals surface area contributed by atoms with Gasteiger partial charge in [0.1, 0.15) is 6.61 Å². The number of rotatable bonds is 2. The number of hydrogen-bond donors (Lipinski definition) is 2. The van der Waals surface area contributed by atoms with Crippen molar-refractivity contribution in [3.63, 3.8) is 0 Å². The first kappa shape index (κ1) is 9.39. The van der Waals surface area contributed by atoms with E-state index in [0.29, 0.717) is 0 Å². The molecule has 1 aromatic carbocycles. The summed E-state index contributed by atoms with van der Waals surface area (Å²) in [6, 6.07) is 5.48. The van der Waals surface area contributed by atoms with E-state index in [1.165, 1.54) is 0 Å². The number of amides is 1. The number of carbonyl (C=O) groups is 1. The molecule has 1 amide bonds. The number of hydroxylamine groups is 1. The van der Waals surface area contributed by atoms with Crippen molar-refractivity contribution < 1.29 is 14.4 Å². The summed E-state index contributed by atoms with van der Waals surface area (Å²) in [7, 11) is 0. The molecule has 0 fully saturated rings. The molecule has 3 N–H and O–H groups in total. The van der Waals surface area contributed by atoms with E-state index >= 15 is 0 Å². The lowest BCUT2D eigenvalue weighted by Crippen LogP contribution is -2.15. The Balaban J connectivity index is 2.15. The van der Waals surface area contributed by atoms with E-state index in [9.17, 15) is 4.79 Å². The zero-order valence-electron chi connectivity index (χ0n) is 7.90. The van der Waals surface area contributed by atoms with Gasteiger partial charge < -0.3 is 15.3 Å². The van der Waals surface area contributed by atoms with Crippen LogP contribution in [0.4, 0.5) is 4.79 Å². The first-order valence-corrected chi connectivity index (χ1v) is 4.40. The van der Waals surface area contributed by atoms with Crippen LogP contribution in [0, 0.1) is 0 Å². The van der Waals surface area contributed by atoms with Gasteiger partial charge in [0, 0.05) is 11.8 Å². The molecule has 15 heavy (non-hydrogen) atoms. The number of hydrogen-bond acceptors (Lipinski definition) is 4. The highest BCUT2D eigenvalue weighted by Crippen LogP contribution is 2.23. The van der Waals surface area contributed by atoms with Gasteiger partial charge in [0.25, 0.3) is 0 Å². The molecule has 0 bridgehead atoms. The monoisotopic (exact) mass is 206 g/mol. The minimum atomic E-state index is -0.777. The molecule has 5 heteroatoms. The molecule has 0 aliphatic carbocycles. The normalized spacial score (nSPS) is 12.3. The summed E-state index contributed by atoms with van der Waals surface area (Å²) in [6.07, 6.45) is 2.77. The molecule has 78 valence electrons. The third-order valence-electron chi connectivity index (χ3n) is 1.96. The van der Waals surface area contributed by atoms with Crippen LogP contribution in [-0.4, -0.2) is 6.09 Å². The second-order valence-electron chi connectivity index (χ2n) is 3.03. The molecule has 1 aliphatic heterocycles. The Bertz CT molecular complexity index is 415. The van der Waals surface area contributed by atoms with E-state index < -0.39 is 6.09 Å². The number of nitrogens with two attached hydrogens (primary N) is 1. The van der Waals surface area contributed by atoms with Gasteiger partial charge in [-0.1, -0.05) is 6.07 Å². The van der Waals surface area contributed by atoms with Gasteiger partial charge in [-0.2, -0.15) is 0 Å². The average molecular weight is 206 g/mol. The van der Waals surface area contributed by atoms with Gasteiger partial charge in [0.15, 0.2) is 5.75 Å². The van der Waals surface area contributed by atoms with Crippen LogP contribution >= 0.6 is 0 Å². The molecule has 0 saturated heterocycles. The minimum absolute atomic E-state index is 0.171. The summed E-state index contributed by atoms with van der Waals surface area (Å²) in [5.74, 6) is 0.736. The second-order valence-corrected chi connectivity index (χ2v) is 3.03. The minimum Gasteiger partial charge on any atom is -0.445 e. The van der Waals surface area contributed by atoms with Gasteiger partial charge in [0.05, 0.1) is 0 Å². The Labute approximate surface area is 86.4 Å². The standard InChI is InChI=1S/C10H10N2O3/c11-10(13)14-6-7-1-2-9-8(5-7)3-4-12-15-9/h1-5,12H,6H2,(H2,11,13). The third-order valence-corrected chi connectivity index (χ3v) is 1.96. The molecule has 0 saturated carbocycles. The maximum Gasteiger partial charge on any atom is 0.404 e. The van der Waals surface area contributed by atoms with Crippen LogP contribution in [0.15, 0.2) is 24.4 Å². The van der Waals surface area contributed by atoms with E-state index in [0.717, 1.165) is 16.9 Å². The number of carbonyl (C=O) groups excluding carboxylic acids is 1. The largest absolute Gasteiger partial charge is 0.445 e. The van der Waals surface area contributed by atoms with E-state index in [4.69, 9.17) is 10.6 Å². The van der Waals surface area contributed by atoms with Gasteiger partial charge in [-0.3, -0.25) is 0 Å². The Morgan fingerprint density at radius 3 is 3.20 bits per heavy atom. The van der Waals surface area contributed by atoms with Crippen molar-refractivity contribution in [3.05, 3.63) is 35.5 Å². The van der Waals surface area contributed by atoms with Crippen molar-refractivity contribution in [1.29, 1.82) is 0 Å². The van der Waals surface area contributed by atoms with E-state index in [1.807, 2.05) is 18.2 Å². The molecular formula is C10H10N2O3. The number of ether oxygens (including phenoxy) is 1. The number of primary amides is 1. The average Bonchev–Trinajstić information content (AvgIpc) is 2.26. The summed E-state index contributed by atoms with van der Waals surface area (Å²) in [4.78, 5) is 15.5. The highest BCUT2D eigenvalue weighted by Gasteiger charge is 2.06. The number of nitrogens with one attached hydrogen (secondary N) is 1. The molecule has 2 rings (SSSR count). The van der Waals surface area contributed by atoms with Crippen molar-refractivity contribution in [1.82, 2.24) is 5.48 Å². The quantitative estimate of drug-likeness (QED) is 0.761. The Hall–Kier alpha value is -2.17. The third kappa shape index (κ3) is 2.19. The van der Waals surface area contributed by atoms with Crippen molar-refractivity contribution >= 4 is 12.2 Å². The molecule has 0 unspecified atom stereocenters. The zero-order valence-corrected chi connectivity index (χ0v) is 7.90. The molecular weight excluding hydrogens is 196 g/mol. The maximum absolute atomic E-state index is 10.4. The number of benzene rings is 1. The molecule has 1 aliphatic rings. The molecule has 0 radical (unpaired) electrons. The number of fused-ring (bicyclic) bond motifs is 1. The van der Waals surface area contributed by atoms with Crippen molar-refractivity contribution in [2.75, 3.05) is 0 Å². The highest BCUT2D eigenvalue weighted by molar-refractivity contribution is 5.65. The summed E-state index contributed by atoms with van der Waals surface area (Å²) in [5.41, 5.74) is 9.29. The van der Waals surface area contributed by atoms with E-state index in [1.54, 1.807) is 12.3 Å². The lowest BCUT2D eigenvalue weighted by atomic mass is 10.1. The van der Waals surface area contributed by atoms with Crippen LogP contribution in [0.5, 0.6) is 5.75 Å². The predicted octanol–water partition coefficient (Wildman–Crippen LogP) is 1.15. The lowest BCUT2D eigenvalue weighted by molar-refractivity contribution is 0.150. The van der Waals surface area contributed by atoms with E-state index in [-0.39, 0.29) is 6.61 Å². The fourth-order valence-electron chi connectivity index (χ4n) is 1.29. The highest BCUT2D eigenvalue weighted by atomic mass is 16.6. The Morgan fingerprint density at radius 1 is 1.53 bits per heavy atom. The van der Waals surface area contributed by atoms with E-state index in [2.05, 4.69) is 10.2 Å². The fourth-order valence-corrected chi connectivity index (χ4v) is 1.29. The first-order valence-electron chi connectivity index (χ1n) is 4.40. The van der Waals surface area contributed by atoms with Crippen molar-refractivity contribution in [2.45, 2.75) is 6.61 Å². The van der Waals surface area contributed by atoms with Crippen LogP contribution in [0.25, 0.3) is 6.08 Å². The van der Waals surface area contributed by atoms with Crippen molar-refractivity contribution in [2.24, 2.45) is 5.73 Å². The Morgan fingerprint density at radius 2 is 2.40 bits per heavy atom. The van der Waals surface area contributed by atoms with Gasteiger partial charge in [-0.25, -0.2) is 10.3 Å². The van der Waals surface area contributed by atoms with Crippen LogP contribution < -0.4 is 16.1 Å². The van der Waals surface area contributed by atoms with Gasteiger partial charge in [-0.05, 0) is 23.8 Å². The van der Waals surface area contributed by atoms with Crippen molar-refractivity contribution in [3.8, 4) is 5.75 Å². The topological polar surface area (TPSA) is 73.6 Å². The lowest BCUT2D eigenvalue weighted by Gasteiger charge is -2.13. The molecule has 1 heterocycles. The first-order chi connectivity index (χ1) is 7.25. The summed E-state index contributed by atoms with van der Waals surface area (Å²) in [5, 5.41) is 0. The van der Waals surface area contributed by atoms with Crippen LogP contribution in [0.1, 0.15) is 11.1 Å². The van der Waals surface area contributed by atoms with Gasteiger partial charge >= 0.3 is 6.09 Å².